The van der Waals surface area contributed by atoms with Crippen molar-refractivity contribution < 1.29 is 14.6 Å². The molecule has 0 aliphatic carbocycles. The number of benzene rings is 1. The average Bonchev–Trinajstić information content (AvgIpc) is 3.24. The van der Waals surface area contributed by atoms with E-state index in [0.29, 0.717) is 24.0 Å². The van der Waals surface area contributed by atoms with Crippen LogP contribution in [0.15, 0.2) is 24.3 Å². The Bertz CT molecular complexity index is 601. The first kappa shape index (κ1) is 16.1. The quantitative estimate of drug-likeness (QED) is 0.924. The van der Waals surface area contributed by atoms with Crippen molar-refractivity contribution in [2.24, 2.45) is 11.8 Å². The lowest BCUT2D eigenvalue weighted by molar-refractivity contribution is 0.0593. The highest BCUT2D eigenvalue weighted by atomic mass is 16.5. The molecular weight excluding hydrogens is 302 g/mol. The van der Waals surface area contributed by atoms with Gasteiger partial charge in [-0.25, -0.2) is 0 Å². The summed E-state index contributed by atoms with van der Waals surface area (Å²) in [5.74, 6) is 1.26. The van der Waals surface area contributed by atoms with Gasteiger partial charge in [0.25, 0.3) is 5.91 Å². The van der Waals surface area contributed by atoms with Gasteiger partial charge in [0, 0.05) is 30.5 Å². The second kappa shape index (κ2) is 5.85. The Morgan fingerprint density at radius 3 is 2.29 bits per heavy atom. The van der Waals surface area contributed by atoms with Gasteiger partial charge >= 0.3 is 0 Å². The fourth-order valence-electron chi connectivity index (χ4n) is 4.57. The van der Waals surface area contributed by atoms with Crippen molar-refractivity contribution in [3.8, 4) is 0 Å². The number of carbonyl (C=O) groups is 1. The number of nitrogens with zero attached hydrogens (tertiary/aromatic N) is 1. The molecule has 3 aliphatic rings. The molecule has 1 amide bonds. The van der Waals surface area contributed by atoms with Gasteiger partial charge in [-0.05, 0) is 57.2 Å². The maximum atomic E-state index is 12.8. The lowest BCUT2D eigenvalue weighted by atomic mass is 9.82. The summed E-state index contributed by atoms with van der Waals surface area (Å²) in [7, 11) is 0. The van der Waals surface area contributed by atoms with Crippen LogP contribution < -0.4 is 0 Å². The van der Waals surface area contributed by atoms with Crippen LogP contribution in [0.5, 0.6) is 0 Å². The number of fused-ring (bicyclic) bond motifs is 5. The molecule has 2 bridgehead atoms. The Hall–Kier alpha value is -1.39. The van der Waals surface area contributed by atoms with Gasteiger partial charge in [0.15, 0.2) is 0 Å². The van der Waals surface area contributed by atoms with E-state index in [9.17, 15) is 9.90 Å². The van der Waals surface area contributed by atoms with E-state index in [1.807, 2.05) is 43.0 Å². The van der Waals surface area contributed by atoms with E-state index in [0.717, 1.165) is 31.5 Å². The molecule has 4 unspecified atom stereocenters. The van der Waals surface area contributed by atoms with E-state index in [1.54, 1.807) is 0 Å². The van der Waals surface area contributed by atoms with E-state index in [4.69, 9.17) is 4.74 Å². The molecule has 4 nitrogen and oxygen atoms in total. The van der Waals surface area contributed by atoms with E-state index < -0.39 is 5.60 Å². The number of ether oxygens (including phenoxy) is 1. The Morgan fingerprint density at radius 2 is 1.75 bits per heavy atom. The maximum absolute atomic E-state index is 12.8. The SMILES string of the molecule is CC(C)(O)CCc1ccc(C(=O)N2CC3C4CCC(O4)C3C2)cc1. The minimum Gasteiger partial charge on any atom is -0.390 e. The molecule has 3 saturated heterocycles. The van der Waals surface area contributed by atoms with Crippen molar-refractivity contribution in [2.45, 2.75) is 57.3 Å². The second-order valence-electron chi connectivity index (χ2n) is 8.34. The van der Waals surface area contributed by atoms with Crippen molar-refractivity contribution in [2.75, 3.05) is 13.1 Å². The summed E-state index contributed by atoms with van der Waals surface area (Å²) in [5.41, 5.74) is 1.29. The molecule has 0 spiro atoms. The summed E-state index contributed by atoms with van der Waals surface area (Å²) in [6.45, 7) is 5.36. The zero-order valence-corrected chi connectivity index (χ0v) is 14.6. The monoisotopic (exact) mass is 329 g/mol. The van der Waals surface area contributed by atoms with Crippen LogP contribution in [0.3, 0.4) is 0 Å². The van der Waals surface area contributed by atoms with E-state index in [-0.39, 0.29) is 5.91 Å². The van der Waals surface area contributed by atoms with Gasteiger partial charge in [0.2, 0.25) is 0 Å². The van der Waals surface area contributed by atoms with Crippen LogP contribution in [0.4, 0.5) is 0 Å². The summed E-state index contributed by atoms with van der Waals surface area (Å²) < 4.78 is 5.98. The predicted octanol–water partition coefficient (Wildman–Crippen LogP) is 2.64. The maximum Gasteiger partial charge on any atom is 0.253 e. The first-order valence-electron chi connectivity index (χ1n) is 9.17. The molecule has 4 heteroatoms. The van der Waals surface area contributed by atoms with E-state index >= 15 is 0 Å². The molecule has 1 aromatic carbocycles. The molecule has 3 aliphatic heterocycles. The van der Waals surface area contributed by atoms with Gasteiger partial charge in [0.1, 0.15) is 0 Å². The normalized spacial score (nSPS) is 31.5. The topological polar surface area (TPSA) is 49.8 Å². The van der Waals surface area contributed by atoms with Gasteiger partial charge in [-0.1, -0.05) is 12.1 Å². The standard InChI is InChI=1S/C20H27NO3/c1-20(2,23)10-9-13-3-5-14(6-4-13)19(22)21-11-15-16(12-21)18-8-7-17(15)24-18/h3-6,15-18,23H,7-12H2,1-2H3. The van der Waals surface area contributed by atoms with E-state index in [2.05, 4.69) is 0 Å². The largest absolute Gasteiger partial charge is 0.390 e. The molecule has 130 valence electrons. The second-order valence-corrected chi connectivity index (χ2v) is 8.34. The first-order valence-corrected chi connectivity index (χ1v) is 9.17. The summed E-state index contributed by atoms with van der Waals surface area (Å²) in [6.07, 6.45) is 4.67. The zero-order valence-electron chi connectivity index (χ0n) is 14.6. The molecule has 1 N–H and O–H groups in total. The van der Waals surface area contributed by atoms with Gasteiger partial charge < -0.3 is 14.7 Å². The van der Waals surface area contributed by atoms with Crippen molar-refractivity contribution in [3.05, 3.63) is 35.4 Å². The number of carbonyl (C=O) groups excluding carboxylic acids is 1. The van der Waals surface area contributed by atoms with Crippen LogP contribution in [-0.4, -0.2) is 46.8 Å². The molecule has 0 radical (unpaired) electrons. The molecule has 24 heavy (non-hydrogen) atoms. The summed E-state index contributed by atoms with van der Waals surface area (Å²) in [6, 6.07) is 7.90. The summed E-state index contributed by atoms with van der Waals surface area (Å²) in [5, 5.41) is 9.82. The number of rotatable bonds is 4. The van der Waals surface area contributed by atoms with Crippen LogP contribution >= 0.6 is 0 Å². The molecule has 4 rings (SSSR count). The predicted molar refractivity (Wildman–Crippen MR) is 91.8 cm³/mol. The third-order valence-electron chi connectivity index (χ3n) is 5.97. The fraction of sp³-hybridized carbons (Fsp3) is 0.650. The number of amides is 1. The minimum atomic E-state index is -0.650. The van der Waals surface area contributed by atoms with Crippen LogP contribution in [0, 0.1) is 11.8 Å². The number of aliphatic hydroxyl groups is 1. The smallest absolute Gasteiger partial charge is 0.253 e. The minimum absolute atomic E-state index is 0.151. The number of hydrogen-bond donors (Lipinski definition) is 1. The lowest BCUT2D eigenvalue weighted by Crippen LogP contribution is -2.31. The molecule has 3 heterocycles. The van der Waals surface area contributed by atoms with Crippen LogP contribution in [0.25, 0.3) is 0 Å². The van der Waals surface area contributed by atoms with Crippen LogP contribution in [0.2, 0.25) is 0 Å². The summed E-state index contributed by atoms with van der Waals surface area (Å²) in [4.78, 5) is 14.8. The third-order valence-corrected chi connectivity index (χ3v) is 5.97. The highest BCUT2D eigenvalue weighted by Gasteiger charge is 2.53. The van der Waals surface area contributed by atoms with Crippen molar-refractivity contribution >= 4 is 5.91 Å². The number of likely N-dealkylation sites (tertiary alicyclic amines) is 1. The molecule has 3 fully saturated rings. The van der Waals surface area contributed by atoms with Gasteiger partial charge in [0.05, 0.1) is 17.8 Å². The number of hydrogen-bond acceptors (Lipinski definition) is 3. The molecule has 4 atom stereocenters. The summed E-state index contributed by atoms with van der Waals surface area (Å²) >= 11 is 0. The van der Waals surface area contributed by atoms with Crippen LogP contribution in [0.1, 0.15) is 49.0 Å². The molecule has 0 aromatic heterocycles. The first-order chi connectivity index (χ1) is 11.4. The average molecular weight is 329 g/mol. The van der Waals surface area contributed by atoms with Gasteiger partial charge in [-0.2, -0.15) is 0 Å². The van der Waals surface area contributed by atoms with Crippen molar-refractivity contribution in [1.82, 2.24) is 4.90 Å². The van der Waals surface area contributed by atoms with Crippen LogP contribution in [-0.2, 0) is 11.2 Å². The number of aryl methyl sites for hydroxylation is 1. The Balaban J connectivity index is 1.38. The lowest BCUT2D eigenvalue weighted by Gasteiger charge is -2.19. The molecule has 1 aromatic rings. The third kappa shape index (κ3) is 2.98. The Labute approximate surface area is 143 Å². The Morgan fingerprint density at radius 1 is 1.17 bits per heavy atom. The highest BCUT2D eigenvalue weighted by molar-refractivity contribution is 5.94. The zero-order chi connectivity index (χ0) is 16.9. The van der Waals surface area contributed by atoms with Gasteiger partial charge in [-0.3, -0.25) is 4.79 Å². The van der Waals surface area contributed by atoms with Crippen molar-refractivity contribution in [1.29, 1.82) is 0 Å². The fourth-order valence-corrected chi connectivity index (χ4v) is 4.57. The Kier molecular flexibility index (Phi) is 3.92. The van der Waals surface area contributed by atoms with Gasteiger partial charge in [-0.15, -0.1) is 0 Å². The highest BCUT2D eigenvalue weighted by Crippen LogP contribution is 2.47. The van der Waals surface area contributed by atoms with E-state index in [1.165, 1.54) is 18.4 Å². The molecule has 0 saturated carbocycles. The van der Waals surface area contributed by atoms with Crippen molar-refractivity contribution in [3.63, 3.8) is 0 Å². The molecular formula is C20H27NO3.